The van der Waals surface area contributed by atoms with Crippen molar-refractivity contribution in [2.45, 2.75) is 12.8 Å². The molecule has 0 unspecified atom stereocenters. The molecule has 0 spiro atoms. The Balaban J connectivity index is 1.58. The molecule has 1 fully saturated rings. The van der Waals surface area contributed by atoms with Gasteiger partial charge < -0.3 is 10.2 Å². The monoisotopic (exact) mass is 377 g/mol. The minimum Gasteiger partial charge on any atom is -0.339 e. The molecule has 7 heteroatoms. The van der Waals surface area contributed by atoms with Crippen molar-refractivity contribution < 1.29 is 9.59 Å². The van der Waals surface area contributed by atoms with Gasteiger partial charge in [-0.2, -0.15) is 0 Å². The number of carbonyl (C=O) groups excluding carboxylic acids is 2. The number of rotatable bonds is 3. The Hall–Kier alpha value is -2.11. The Kier molecular flexibility index (Phi) is 5.56. The Morgan fingerprint density at radius 2 is 1.88 bits per heavy atom. The molecule has 3 rings (SSSR count). The molecule has 2 heterocycles. The first-order valence-corrected chi connectivity index (χ1v) is 8.76. The smallest absolute Gasteiger partial charge is 0.255 e. The van der Waals surface area contributed by atoms with Gasteiger partial charge in [0.25, 0.3) is 5.91 Å². The molecule has 1 aromatic heterocycles. The highest BCUT2D eigenvalue weighted by Crippen LogP contribution is 2.25. The number of likely N-dealkylation sites (tertiary alicyclic amines) is 1. The molecule has 25 heavy (non-hydrogen) atoms. The summed E-state index contributed by atoms with van der Waals surface area (Å²) in [5, 5.41) is 3.65. The zero-order valence-electron chi connectivity index (χ0n) is 13.4. The van der Waals surface area contributed by atoms with Crippen LogP contribution in [0.5, 0.6) is 0 Å². The van der Waals surface area contributed by atoms with E-state index in [2.05, 4.69) is 10.3 Å². The molecule has 1 N–H and O–H groups in total. The van der Waals surface area contributed by atoms with E-state index in [1.54, 1.807) is 41.4 Å². The highest BCUT2D eigenvalue weighted by atomic mass is 35.5. The van der Waals surface area contributed by atoms with E-state index in [1.165, 1.54) is 0 Å². The predicted molar refractivity (Wildman–Crippen MR) is 98.0 cm³/mol. The number of halogens is 2. The van der Waals surface area contributed by atoms with E-state index in [0.717, 1.165) is 0 Å². The molecule has 2 aromatic rings. The van der Waals surface area contributed by atoms with Gasteiger partial charge in [-0.25, -0.2) is 4.98 Å². The summed E-state index contributed by atoms with van der Waals surface area (Å²) in [6.07, 6.45) is 2.85. The number of hydrogen-bond donors (Lipinski definition) is 1. The number of aromatic nitrogens is 1. The lowest BCUT2D eigenvalue weighted by molar-refractivity contribution is -0.121. The second-order valence-corrected chi connectivity index (χ2v) is 6.74. The maximum Gasteiger partial charge on any atom is 0.255 e. The Bertz CT molecular complexity index is 775. The van der Waals surface area contributed by atoms with Crippen molar-refractivity contribution >= 4 is 40.8 Å². The van der Waals surface area contributed by atoms with Crippen LogP contribution >= 0.6 is 23.2 Å². The van der Waals surface area contributed by atoms with Crippen molar-refractivity contribution in [1.29, 1.82) is 0 Å². The normalized spacial score (nSPS) is 15.0. The molecule has 2 amide bonds. The molecular formula is C18H17Cl2N3O2. The average Bonchev–Trinajstić information content (AvgIpc) is 2.62. The number of nitrogens with zero attached hydrogens (tertiary/aromatic N) is 2. The van der Waals surface area contributed by atoms with E-state index in [9.17, 15) is 9.59 Å². The summed E-state index contributed by atoms with van der Waals surface area (Å²) in [5.41, 5.74) is 0.433. The summed E-state index contributed by atoms with van der Waals surface area (Å²) in [5.74, 6) is 0.214. The fourth-order valence-electron chi connectivity index (χ4n) is 2.84. The number of piperidine rings is 1. The van der Waals surface area contributed by atoms with Crippen LogP contribution in [0.3, 0.4) is 0 Å². The third-order valence-corrected chi connectivity index (χ3v) is 4.78. The number of nitrogens with one attached hydrogen (secondary N) is 1. The van der Waals surface area contributed by atoms with Gasteiger partial charge in [0.1, 0.15) is 5.82 Å². The number of amides is 2. The third-order valence-electron chi connectivity index (χ3n) is 4.23. The molecule has 1 saturated heterocycles. The summed E-state index contributed by atoms with van der Waals surface area (Å²) in [6.45, 7) is 1.02. The van der Waals surface area contributed by atoms with Crippen molar-refractivity contribution in [3.05, 3.63) is 58.2 Å². The third kappa shape index (κ3) is 4.30. The molecule has 1 aliphatic rings. The average molecular weight is 378 g/mol. The van der Waals surface area contributed by atoms with Crippen molar-refractivity contribution in [2.24, 2.45) is 5.92 Å². The number of pyridine rings is 1. The zero-order valence-corrected chi connectivity index (χ0v) is 14.9. The van der Waals surface area contributed by atoms with E-state index < -0.39 is 0 Å². The van der Waals surface area contributed by atoms with Crippen molar-refractivity contribution in [3.63, 3.8) is 0 Å². The maximum absolute atomic E-state index is 12.6. The van der Waals surface area contributed by atoms with Crippen LogP contribution in [0.1, 0.15) is 23.2 Å². The lowest BCUT2D eigenvalue weighted by atomic mass is 9.95. The first-order chi connectivity index (χ1) is 12.0. The van der Waals surface area contributed by atoms with Crippen LogP contribution in [0.4, 0.5) is 5.82 Å². The summed E-state index contributed by atoms with van der Waals surface area (Å²) in [4.78, 5) is 30.7. The van der Waals surface area contributed by atoms with Crippen molar-refractivity contribution in [2.75, 3.05) is 18.4 Å². The minimum atomic E-state index is -0.134. The topological polar surface area (TPSA) is 62.3 Å². The first kappa shape index (κ1) is 17.7. The molecule has 130 valence electrons. The molecule has 0 bridgehead atoms. The van der Waals surface area contributed by atoms with Crippen LogP contribution in [0.2, 0.25) is 10.0 Å². The predicted octanol–water partition coefficient (Wildman–Crippen LogP) is 3.88. The van der Waals surface area contributed by atoms with E-state index in [0.29, 0.717) is 47.4 Å². The number of anilines is 1. The first-order valence-electron chi connectivity index (χ1n) is 8.01. The molecule has 0 atom stereocenters. The summed E-state index contributed by atoms with van der Waals surface area (Å²) in [7, 11) is 0. The van der Waals surface area contributed by atoms with Crippen LogP contribution in [0, 0.1) is 5.92 Å². The Labute approximate surface area is 155 Å². The second kappa shape index (κ2) is 7.85. The minimum absolute atomic E-state index is 0.0599. The Morgan fingerprint density at radius 1 is 1.12 bits per heavy atom. The van der Waals surface area contributed by atoms with Gasteiger partial charge >= 0.3 is 0 Å². The highest BCUT2D eigenvalue weighted by molar-refractivity contribution is 6.36. The fourth-order valence-corrected chi connectivity index (χ4v) is 3.33. The van der Waals surface area contributed by atoms with E-state index in [4.69, 9.17) is 23.2 Å². The van der Waals surface area contributed by atoms with Gasteiger partial charge in [-0.1, -0.05) is 29.3 Å². The summed E-state index contributed by atoms with van der Waals surface area (Å²) >= 11 is 12.0. The van der Waals surface area contributed by atoms with Gasteiger partial charge in [0, 0.05) is 30.2 Å². The summed E-state index contributed by atoms with van der Waals surface area (Å²) in [6, 6.07) is 10.2. The largest absolute Gasteiger partial charge is 0.339 e. The SMILES string of the molecule is O=C(Nc1ccccn1)C1CCN(C(=O)c2ccc(Cl)cc2Cl)CC1. The quantitative estimate of drug-likeness (QED) is 0.882. The molecule has 1 aromatic carbocycles. The van der Waals surface area contributed by atoms with Crippen LogP contribution < -0.4 is 5.32 Å². The zero-order chi connectivity index (χ0) is 17.8. The number of carbonyl (C=O) groups is 2. The molecule has 0 aliphatic carbocycles. The van der Waals surface area contributed by atoms with E-state index in [1.807, 2.05) is 6.07 Å². The van der Waals surface area contributed by atoms with Gasteiger partial charge in [0.2, 0.25) is 5.91 Å². The molecule has 0 radical (unpaired) electrons. The van der Waals surface area contributed by atoms with Crippen molar-refractivity contribution in [1.82, 2.24) is 9.88 Å². The van der Waals surface area contributed by atoms with Gasteiger partial charge in [-0.15, -0.1) is 0 Å². The highest BCUT2D eigenvalue weighted by Gasteiger charge is 2.28. The maximum atomic E-state index is 12.6. The number of benzene rings is 1. The van der Waals surface area contributed by atoms with Gasteiger partial charge in [-0.3, -0.25) is 9.59 Å². The molecular weight excluding hydrogens is 361 g/mol. The van der Waals surface area contributed by atoms with E-state index >= 15 is 0 Å². The lowest BCUT2D eigenvalue weighted by Gasteiger charge is -2.31. The van der Waals surface area contributed by atoms with Crippen LogP contribution in [-0.4, -0.2) is 34.8 Å². The second-order valence-electron chi connectivity index (χ2n) is 5.89. The Morgan fingerprint density at radius 3 is 2.52 bits per heavy atom. The standard InChI is InChI=1S/C18H17Cl2N3O2/c19-13-4-5-14(15(20)11-13)18(25)23-9-6-12(7-10-23)17(24)22-16-3-1-2-8-21-16/h1-5,8,11-12H,6-7,9-10H2,(H,21,22,24). The van der Waals surface area contributed by atoms with E-state index in [-0.39, 0.29) is 17.7 Å². The lowest BCUT2D eigenvalue weighted by Crippen LogP contribution is -2.41. The van der Waals surface area contributed by atoms with Gasteiger partial charge in [0.05, 0.1) is 10.6 Å². The van der Waals surface area contributed by atoms with Crippen LogP contribution in [0.15, 0.2) is 42.6 Å². The van der Waals surface area contributed by atoms with Crippen molar-refractivity contribution in [3.8, 4) is 0 Å². The molecule has 1 aliphatic heterocycles. The summed E-state index contributed by atoms with van der Waals surface area (Å²) < 4.78 is 0. The van der Waals surface area contributed by atoms with Crippen LogP contribution in [-0.2, 0) is 4.79 Å². The number of hydrogen-bond acceptors (Lipinski definition) is 3. The van der Waals surface area contributed by atoms with Crippen LogP contribution in [0.25, 0.3) is 0 Å². The van der Waals surface area contributed by atoms with Gasteiger partial charge in [0.15, 0.2) is 0 Å². The van der Waals surface area contributed by atoms with Gasteiger partial charge in [-0.05, 0) is 43.2 Å². The molecule has 5 nitrogen and oxygen atoms in total. The molecule has 0 saturated carbocycles. The fraction of sp³-hybridized carbons (Fsp3) is 0.278.